The summed E-state index contributed by atoms with van der Waals surface area (Å²) in [6.07, 6.45) is 23.1. The fourth-order valence-electron chi connectivity index (χ4n) is 2.11. The average molecular weight is 337 g/mol. The van der Waals surface area contributed by atoms with Gasteiger partial charge >= 0.3 is 5.97 Å². The maximum Gasteiger partial charge on any atom is 0.305 e. The summed E-state index contributed by atoms with van der Waals surface area (Å²) in [5.41, 5.74) is 0. The lowest BCUT2D eigenvalue weighted by Crippen LogP contribution is -2.14. The Balaban J connectivity index is 3.40. The molecule has 0 saturated heterocycles. The van der Waals surface area contributed by atoms with Crippen molar-refractivity contribution < 1.29 is 14.6 Å². The number of rotatable bonds is 15. The Hall–Kier alpha value is -1.35. The van der Waals surface area contributed by atoms with Gasteiger partial charge in [-0.05, 0) is 51.9 Å². The van der Waals surface area contributed by atoms with Crippen molar-refractivity contribution in [2.75, 3.05) is 6.61 Å². The van der Waals surface area contributed by atoms with E-state index in [2.05, 4.69) is 43.4 Å². The first kappa shape index (κ1) is 22.6. The number of allylic oxidation sites excluding steroid dienone is 6. The first-order chi connectivity index (χ1) is 11.7. The third-order valence-corrected chi connectivity index (χ3v) is 3.51. The van der Waals surface area contributed by atoms with Gasteiger partial charge in [0, 0.05) is 6.42 Å². The number of aliphatic hydroxyl groups excluding tert-OH is 1. The summed E-state index contributed by atoms with van der Waals surface area (Å²) in [4.78, 5) is 11.3. The summed E-state index contributed by atoms with van der Waals surface area (Å²) < 4.78 is 4.90. The highest BCUT2D eigenvalue weighted by Crippen LogP contribution is 2.04. The highest BCUT2D eigenvalue weighted by Gasteiger charge is 2.03. The third-order valence-electron chi connectivity index (χ3n) is 3.51. The van der Waals surface area contributed by atoms with Gasteiger partial charge in [-0.25, -0.2) is 0 Å². The van der Waals surface area contributed by atoms with Crippen molar-refractivity contribution >= 4 is 5.97 Å². The monoisotopic (exact) mass is 336 g/mol. The quantitative estimate of drug-likeness (QED) is 0.244. The van der Waals surface area contributed by atoms with Gasteiger partial charge in [-0.3, -0.25) is 4.79 Å². The topological polar surface area (TPSA) is 46.5 Å². The Labute approximate surface area is 148 Å². The molecule has 0 unspecified atom stereocenters. The van der Waals surface area contributed by atoms with E-state index in [-0.39, 0.29) is 12.6 Å². The number of carbonyl (C=O) groups excluding carboxylic acids is 1. The molecule has 3 heteroatoms. The van der Waals surface area contributed by atoms with Crippen LogP contribution in [0.2, 0.25) is 0 Å². The summed E-state index contributed by atoms with van der Waals surface area (Å²) in [6, 6.07) is 0. The molecule has 138 valence electrons. The molecule has 0 radical (unpaired) electrons. The first-order valence-corrected chi connectivity index (χ1v) is 9.45. The Morgan fingerprint density at radius 1 is 0.917 bits per heavy atom. The molecular formula is C21H36O3. The van der Waals surface area contributed by atoms with E-state index >= 15 is 0 Å². The molecule has 1 atom stereocenters. The molecule has 0 aromatic carbocycles. The van der Waals surface area contributed by atoms with Crippen LogP contribution in [-0.2, 0) is 9.53 Å². The highest BCUT2D eigenvalue weighted by molar-refractivity contribution is 5.69. The van der Waals surface area contributed by atoms with Crippen molar-refractivity contribution in [1.29, 1.82) is 0 Å². The Morgan fingerprint density at radius 2 is 1.46 bits per heavy atom. The zero-order chi connectivity index (χ0) is 17.9. The number of esters is 1. The number of ether oxygens (including phenoxy) is 1. The normalized spacial score (nSPS) is 13.3. The largest absolute Gasteiger partial charge is 0.463 e. The lowest BCUT2D eigenvalue weighted by Gasteiger charge is -2.05. The molecule has 0 aromatic heterocycles. The van der Waals surface area contributed by atoms with Crippen molar-refractivity contribution in [3.8, 4) is 0 Å². The molecule has 0 amide bonds. The minimum atomic E-state index is -0.582. The molecule has 0 aliphatic rings. The second-order valence-electron chi connectivity index (χ2n) is 6.16. The van der Waals surface area contributed by atoms with E-state index in [0.717, 1.165) is 32.1 Å². The molecule has 0 aliphatic carbocycles. The van der Waals surface area contributed by atoms with Gasteiger partial charge in [-0.2, -0.15) is 0 Å². The molecule has 1 N–H and O–H groups in total. The number of aliphatic hydroxyl groups is 1. The minimum Gasteiger partial charge on any atom is -0.463 e. The van der Waals surface area contributed by atoms with Gasteiger partial charge in [0.25, 0.3) is 0 Å². The summed E-state index contributed by atoms with van der Waals surface area (Å²) in [7, 11) is 0. The smallest absolute Gasteiger partial charge is 0.305 e. The maximum absolute atomic E-state index is 11.3. The van der Waals surface area contributed by atoms with Crippen LogP contribution >= 0.6 is 0 Å². The van der Waals surface area contributed by atoms with Crippen molar-refractivity contribution in [3.05, 3.63) is 36.5 Å². The lowest BCUT2D eigenvalue weighted by atomic mass is 10.1. The van der Waals surface area contributed by atoms with Crippen LogP contribution in [0.5, 0.6) is 0 Å². The van der Waals surface area contributed by atoms with Crippen LogP contribution in [0.25, 0.3) is 0 Å². The molecule has 0 aromatic rings. The second-order valence-corrected chi connectivity index (χ2v) is 6.16. The zero-order valence-electron chi connectivity index (χ0n) is 15.6. The number of hydrogen-bond acceptors (Lipinski definition) is 3. The molecule has 0 spiro atoms. The van der Waals surface area contributed by atoms with Gasteiger partial charge in [0.05, 0.1) is 6.10 Å². The highest BCUT2D eigenvalue weighted by atomic mass is 16.5. The van der Waals surface area contributed by atoms with Crippen LogP contribution in [0.15, 0.2) is 36.5 Å². The maximum atomic E-state index is 11.3. The van der Waals surface area contributed by atoms with Gasteiger partial charge in [0.1, 0.15) is 6.61 Å². The average Bonchev–Trinajstić information content (AvgIpc) is 2.56. The van der Waals surface area contributed by atoms with Gasteiger partial charge in [-0.15, -0.1) is 0 Å². The molecule has 0 saturated carbocycles. The molecule has 0 bridgehead atoms. The summed E-state index contributed by atoms with van der Waals surface area (Å²) in [6.45, 7) is 3.93. The standard InChI is InChI=1S/C21H36O3/c1-3-4-5-6-7-8-9-10-11-12-13-14-15-16-17-18-21(23)24-19-20(2)22/h7-8,10-11,13-14,20,22H,3-6,9,12,15-19H2,1-2H3/t20-/m0/s1. The van der Waals surface area contributed by atoms with Crippen molar-refractivity contribution in [1.82, 2.24) is 0 Å². The Bertz CT molecular complexity index is 367. The molecule has 0 rings (SSSR count). The molecule has 3 nitrogen and oxygen atoms in total. The fourth-order valence-corrected chi connectivity index (χ4v) is 2.11. The number of hydrogen-bond donors (Lipinski definition) is 1. The van der Waals surface area contributed by atoms with E-state index in [1.54, 1.807) is 6.92 Å². The van der Waals surface area contributed by atoms with Crippen molar-refractivity contribution in [2.24, 2.45) is 0 Å². The van der Waals surface area contributed by atoms with E-state index in [0.29, 0.717) is 6.42 Å². The molecular weight excluding hydrogens is 300 g/mol. The lowest BCUT2D eigenvalue weighted by molar-refractivity contribution is -0.146. The molecule has 0 aliphatic heterocycles. The van der Waals surface area contributed by atoms with Crippen molar-refractivity contribution in [2.45, 2.75) is 84.2 Å². The minimum absolute atomic E-state index is 0.0962. The van der Waals surface area contributed by atoms with Crippen LogP contribution in [-0.4, -0.2) is 23.8 Å². The van der Waals surface area contributed by atoms with Crippen LogP contribution in [0, 0.1) is 0 Å². The summed E-state index contributed by atoms with van der Waals surface area (Å²) in [5, 5.41) is 9.01. The fraction of sp³-hybridized carbons (Fsp3) is 0.667. The van der Waals surface area contributed by atoms with E-state index in [9.17, 15) is 4.79 Å². The predicted molar refractivity (Wildman–Crippen MR) is 102 cm³/mol. The Morgan fingerprint density at radius 3 is 2.00 bits per heavy atom. The SMILES string of the molecule is CCCCCC=CCC=CCC=CCCCCC(=O)OC[C@H](C)O. The zero-order valence-corrected chi connectivity index (χ0v) is 15.6. The van der Waals surface area contributed by atoms with Crippen LogP contribution in [0.4, 0.5) is 0 Å². The van der Waals surface area contributed by atoms with Crippen molar-refractivity contribution in [3.63, 3.8) is 0 Å². The Kier molecular flexibility index (Phi) is 17.0. The predicted octanol–water partition coefficient (Wildman–Crippen LogP) is 5.50. The number of carbonyl (C=O) groups is 1. The van der Waals surface area contributed by atoms with Crippen LogP contribution < -0.4 is 0 Å². The second kappa shape index (κ2) is 18.0. The van der Waals surface area contributed by atoms with E-state index in [1.165, 1.54) is 25.7 Å². The summed E-state index contributed by atoms with van der Waals surface area (Å²) >= 11 is 0. The van der Waals surface area contributed by atoms with E-state index < -0.39 is 6.10 Å². The van der Waals surface area contributed by atoms with Gasteiger partial charge in [0.2, 0.25) is 0 Å². The van der Waals surface area contributed by atoms with Gasteiger partial charge in [-0.1, -0.05) is 56.2 Å². The van der Waals surface area contributed by atoms with Crippen LogP contribution in [0.1, 0.15) is 78.1 Å². The number of unbranched alkanes of at least 4 members (excludes halogenated alkanes) is 5. The first-order valence-electron chi connectivity index (χ1n) is 9.45. The molecule has 24 heavy (non-hydrogen) atoms. The summed E-state index contributed by atoms with van der Waals surface area (Å²) in [5.74, 6) is -0.217. The van der Waals surface area contributed by atoms with E-state index in [4.69, 9.17) is 9.84 Å². The van der Waals surface area contributed by atoms with Crippen LogP contribution in [0.3, 0.4) is 0 Å². The van der Waals surface area contributed by atoms with Gasteiger partial charge in [0.15, 0.2) is 0 Å². The van der Waals surface area contributed by atoms with E-state index in [1.807, 2.05) is 0 Å². The molecule has 0 fully saturated rings. The molecule has 0 heterocycles. The third kappa shape index (κ3) is 18.7. The van der Waals surface area contributed by atoms with Gasteiger partial charge < -0.3 is 9.84 Å².